The molecule has 166 valence electrons. The Balaban J connectivity index is 1.59. The first kappa shape index (κ1) is 21.5. The van der Waals surface area contributed by atoms with Gasteiger partial charge in [-0.25, -0.2) is 4.98 Å². The highest BCUT2D eigenvalue weighted by Gasteiger charge is 2.33. The van der Waals surface area contributed by atoms with E-state index in [1.165, 1.54) is 25.0 Å². The minimum atomic E-state index is -4.70. The summed E-state index contributed by atoms with van der Waals surface area (Å²) in [4.78, 5) is 4.75. The maximum absolute atomic E-state index is 12.4. The molecule has 1 aromatic heterocycles. The Kier molecular flexibility index (Phi) is 5.62. The largest absolute Gasteiger partial charge is 0.573 e. The van der Waals surface area contributed by atoms with Crippen molar-refractivity contribution in [3.05, 3.63) is 48.5 Å². The Morgan fingerprint density at radius 3 is 2.48 bits per heavy atom. The van der Waals surface area contributed by atoms with E-state index in [4.69, 9.17) is 4.98 Å². The fourth-order valence-electron chi connectivity index (χ4n) is 5.17. The van der Waals surface area contributed by atoms with Gasteiger partial charge in [0.25, 0.3) is 0 Å². The molecule has 0 spiro atoms. The van der Waals surface area contributed by atoms with Crippen molar-refractivity contribution in [1.29, 1.82) is 0 Å². The van der Waals surface area contributed by atoms with Gasteiger partial charge in [0.05, 0.1) is 11.0 Å². The van der Waals surface area contributed by atoms with Crippen LogP contribution in [-0.4, -0.2) is 15.9 Å². The van der Waals surface area contributed by atoms with Gasteiger partial charge in [0.2, 0.25) is 5.95 Å². The number of para-hydroxylation sites is 2. The summed E-state index contributed by atoms with van der Waals surface area (Å²) in [6, 6.07) is 13.7. The van der Waals surface area contributed by atoms with Gasteiger partial charge >= 0.3 is 6.36 Å². The van der Waals surface area contributed by atoms with Crippen LogP contribution in [0.3, 0.4) is 0 Å². The molecule has 0 aliphatic heterocycles. The van der Waals surface area contributed by atoms with Crippen molar-refractivity contribution in [2.45, 2.75) is 52.9 Å². The van der Waals surface area contributed by atoms with Crippen LogP contribution in [0.5, 0.6) is 5.75 Å². The van der Waals surface area contributed by atoms with E-state index in [2.05, 4.69) is 41.5 Å². The van der Waals surface area contributed by atoms with Crippen LogP contribution in [0.25, 0.3) is 11.0 Å². The molecule has 1 aliphatic rings. The molecule has 4 nitrogen and oxygen atoms in total. The van der Waals surface area contributed by atoms with Crippen molar-refractivity contribution in [3.63, 3.8) is 0 Å². The molecule has 1 aliphatic carbocycles. The second-order valence-electron chi connectivity index (χ2n) is 9.51. The summed E-state index contributed by atoms with van der Waals surface area (Å²) in [5.74, 6) is 1.67. The van der Waals surface area contributed by atoms with Crippen LogP contribution in [0.4, 0.5) is 24.8 Å². The number of rotatable bonds is 5. The van der Waals surface area contributed by atoms with E-state index in [1.54, 1.807) is 12.1 Å². The molecule has 2 aromatic carbocycles. The topological polar surface area (TPSA) is 39.1 Å². The van der Waals surface area contributed by atoms with Gasteiger partial charge in [-0.2, -0.15) is 0 Å². The molecule has 0 saturated heterocycles. The van der Waals surface area contributed by atoms with Gasteiger partial charge in [-0.05, 0) is 72.9 Å². The lowest BCUT2D eigenvalue weighted by atomic mass is 9.68. The normalized spacial score (nSPS) is 21.2. The average Bonchev–Trinajstić information content (AvgIpc) is 2.98. The summed E-state index contributed by atoms with van der Waals surface area (Å²) in [7, 11) is 0. The molecule has 1 N–H and O–H groups in total. The Labute approximate surface area is 180 Å². The quantitative estimate of drug-likeness (QED) is 0.467. The molecule has 1 heterocycles. The van der Waals surface area contributed by atoms with Crippen molar-refractivity contribution in [1.82, 2.24) is 9.55 Å². The first-order valence-electron chi connectivity index (χ1n) is 10.7. The predicted octanol–water partition coefficient (Wildman–Crippen LogP) is 7.14. The van der Waals surface area contributed by atoms with Gasteiger partial charge in [-0.15, -0.1) is 13.2 Å². The summed E-state index contributed by atoms with van der Waals surface area (Å²) in [6.07, 6.45) is -1.12. The molecule has 1 fully saturated rings. The van der Waals surface area contributed by atoms with E-state index < -0.39 is 6.36 Å². The van der Waals surface area contributed by atoms with Crippen molar-refractivity contribution in [2.75, 3.05) is 5.32 Å². The molecule has 4 rings (SSSR count). The van der Waals surface area contributed by atoms with E-state index >= 15 is 0 Å². The lowest BCUT2D eigenvalue weighted by molar-refractivity contribution is -0.274. The minimum Gasteiger partial charge on any atom is -0.406 e. The fraction of sp³-hybridized carbons (Fsp3) is 0.458. The van der Waals surface area contributed by atoms with E-state index in [0.717, 1.165) is 24.0 Å². The average molecular weight is 432 g/mol. The highest BCUT2D eigenvalue weighted by molar-refractivity contribution is 5.79. The Morgan fingerprint density at radius 2 is 1.81 bits per heavy atom. The number of nitrogens with one attached hydrogen (secondary N) is 1. The molecule has 0 bridgehead atoms. The minimum absolute atomic E-state index is 0.245. The van der Waals surface area contributed by atoms with Crippen molar-refractivity contribution >= 4 is 22.7 Å². The van der Waals surface area contributed by atoms with Crippen LogP contribution in [0, 0.1) is 17.3 Å². The molecule has 1 unspecified atom stereocenters. The van der Waals surface area contributed by atoms with Crippen LogP contribution in [0.15, 0.2) is 48.5 Å². The first-order valence-corrected chi connectivity index (χ1v) is 10.7. The smallest absolute Gasteiger partial charge is 0.406 e. The zero-order valence-corrected chi connectivity index (χ0v) is 18.0. The molecule has 3 aromatic rings. The standard InChI is InChI=1S/C24H28F3N3O/c1-16-12-17(14-23(2,3)13-16)15-30-21-7-5-4-6-20(21)29-22(30)28-18-8-10-19(11-9-18)31-24(25,26)27/h4-11,16-17H,12-15H2,1-3H3,(H,28,29)/t16-,17?/m1/s1. The molecular weight excluding hydrogens is 403 g/mol. The van der Waals surface area contributed by atoms with E-state index in [0.29, 0.717) is 28.9 Å². The van der Waals surface area contributed by atoms with Crippen molar-refractivity contribution in [2.24, 2.45) is 17.3 Å². The number of ether oxygens (including phenoxy) is 1. The Bertz CT molecular complexity index is 1040. The van der Waals surface area contributed by atoms with Gasteiger partial charge in [0.1, 0.15) is 5.75 Å². The molecule has 7 heteroatoms. The van der Waals surface area contributed by atoms with Crippen molar-refractivity contribution in [3.8, 4) is 5.75 Å². The second-order valence-corrected chi connectivity index (χ2v) is 9.51. The monoisotopic (exact) mass is 431 g/mol. The second kappa shape index (κ2) is 8.09. The summed E-state index contributed by atoms with van der Waals surface area (Å²) >= 11 is 0. The number of hydrogen-bond acceptors (Lipinski definition) is 3. The fourth-order valence-corrected chi connectivity index (χ4v) is 5.17. The SMILES string of the molecule is C[C@@H]1CC(Cn2c(Nc3ccc(OC(F)(F)F)cc3)nc3ccccc32)CC(C)(C)C1. The molecular formula is C24H28F3N3O. The number of benzene rings is 2. The lowest BCUT2D eigenvalue weighted by Gasteiger charge is -2.39. The summed E-state index contributed by atoms with van der Waals surface area (Å²) < 4.78 is 43.4. The zero-order valence-electron chi connectivity index (χ0n) is 18.0. The number of alkyl halides is 3. The van der Waals surface area contributed by atoms with Crippen LogP contribution >= 0.6 is 0 Å². The summed E-state index contributed by atoms with van der Waals surface area (Å²) in [5, 5.41) is 3.29. The van der Waals surface area contributed by atoms with E-state index in [9.17, 15) is 13.2 Å². The molecule has 0 amide bonds. The summed E-state index contributed by atoms with van der Waals surface area (Å²) in [5.41, 5.74) is 2.92. The molecule has 2 atom stereocenters. The maximum atomic E-state index is 12.4. The Morgan fingerprint density at radius 1 is 1.10 bits per heavy atom. The van der Waals surface area contributed by atoms with Crippen LogP contribution in [0.1, 0.15) is 40.0 Å². The summed E-state index contributed by atoms with van der Waals surface area (Å²) in [6.45, 7) is 7.85. The van der Waals surface area contributed by atoms with Gasteiger partial charge < -0.3 is 14.6 Å². The van der Waals surface area contributed by atoms with Crippen molar-refractivity contribution < 1.29 is 17.9 Å². The Hall–Kier alpha value is -2.70. The number of imidazole rings is 1. The number of anilines is 2. The molecule has 31 heavy (non-hydrogen) atoms. The maximum Gasteiger partial charge on any atom is 0.573 e. The number of nitrogens with zero attached hydrogens (tertiary/aromatic N) is 2. The van der Waals surface area contributed by atoms with Gasteiger partial charge in [0.15, 0.2) is 0 Å². The van der Waals surface area contributed by atoms with Gasteiger partial charge in [-0.3, -0.25) is 0 Å². The molecule has 1 saturated carbocycles. The van der Waals surface area contributed by atoms with Crippen LogP contribution in [0.2, 0.25) is 0 Å². The third-order valence-corrected chi connectivity index (χ3v) is 5.92. The van der Waals surface area contributed by atoms with Gasteiger partial charge in [-0.1, -0.05) is 32.9 Å². The van der Waals surface area contributed by atoms with Crippen LogP contribution in [-0.2, 0) is 6.54 Å². The third kappa shape index (κ3) is 5.32. The predicted molar refractivity (Wildman–Crippen MR) is 116 cm³/mol. The number of hydrogen-bond donors (Lipinski definition) is 1. The number of halogens is 3. The zero-order chi connectivity index (χ0) is 22.2. The van der Waals surface area contributed by atoms with Gasteiger partial charge in [0, 0.05) is 12.2 Å². The number of fused-ring (bicyclic) bond motifs is 1. The number of aromatic nitrogens is 2. The highest BCUT2D eigenvalue weighted by Crippen LogP contribution is 2.43. The first-order chi connectivity index (χ1) is 14.6. The third-order valence-electron chi connectivity index (χ3n) is 5.92. The highest BCUT2D eigenvalue weighted by atomic mass is 19.4. The van der Waals surface area contributed by atoms with E-state index in [1.807, 2.05) is 18.2 Å². The lowest BCUT2D eigenvalue weighted by Crippen LogP contribution is -2.30. The van der Waals surface area contributed by atoms with Crippen LogP contribution < -0.4 is 10.1 Å². The molecule has 0 radical (unpaired) electrons. The van der Waals surface area contributed by atoms with E-state index in [-0.39, 0.29) is 5.75 Å².